The standard InChI is InChI=1S/C25H18N4O3/c26-29-15-14-27-16-22(29)23(17-6-8-19(9-7-17)25(30)31)28-24(29)18-10-12-21(13-11-18)32-20-4-2-1-3-5-20/h1-16H,26H2/p+1. The minimum atomic E-state index is -0.978. The molecular formula is C25H19N4O3+. The van der Waals surface area contributed by atoms with Crippen molar-refractivity contribution in [2.75, 3.05) is 0 Å². The van der Waals surface area contributed by atoms with Crippen molar-refractivity contribution >= 4 is 23.7 Å². The van der Waals surface area contributed by atoms with Crippen molar-refractivity contribution in [1.82, 2.24) is 0 Å². The molecule has 0 aliphatic carbocycles. The van der Waals surface area contributed by atoms with Crippen LogP contribution in [-0.2, 0) is 0 Å². The fraction of sp³-hybridized carbons (Fsp3) is 0. The zero-order valence-corrected chi connectivity index (χ0v) is 16.9. The number of fused-ring (bicyclic) bond motifs is 1. The van der Waals surface area contributed by atoms with Crippen LogP contribution in [0.25, 0.3) is 5.70 Å². The van der Waals surface area contributed by atoms with Crippen molar-refractivity contribution in [2.45, 2.75) is 0 Å². The molecule has 0 radical (unpaired) electrons. The number of benzene rings is 3. The van der Waals surface area contributed by atoms with E-state index in [1.54, 1.807) is 42.9 Å². The fourth-order valence-corrected chi connectivity index (χ4v) is 3.66. The first-order valence-corrected chi connectivity index (χ1v) is 9.94. The van der Waals surface area contributed by atoms with Crippen LogP contribution in [0.3, 0.4) is 0 Å². The molecule has 0 aromatic heterocycles. The lowest BCUT2D eigenvalue weighted by molar-refractivity contribution is -0.749. The Balaban J connectivity index is 1.50. The van der Waals surface area contributed by atoms with Gasteiger partial charge in [-0.3, -0.25) is 4.99 Å². The van der Waals surface area contributed by atoms with Gasteiger partial charge < -0.3 is 9.84 Å². The van der Waals surface area contributed by atoms with Gasteiger partial charge >= 0.3 is 5.97 Å². The van der Waals surface area contributed by atoms with Crippen LogP contribution in [0, 0.1) is 0 Å². The van der Waals surface area contributed by atoms with Crippen LogP contribution >= 0.6 is 0 Å². The van der Waals surface area contributed by atoms with Gasteiger partial charge in [0.1, 0.15) is 23.4 Å². The second-order valence-electron chi connectivity index (χ2n) is 7.34. The Hall–Kier alpha value is -4.33. The molecule has 2 heterocycles. The maximum Gasteiger partial charge on any atom is 0.335 e. The normalized spacial score (nSPS) is 19.0. The van der Waals surface area contributed by atoms with Crippen LogP contribution in [0.5, 0.6) is 11.5 Å². The highest BCUT2D eigenvalue weighted by Gasteiger charge is 2.44. The zero-order valence-electron chi connectivity index (χ0n) is 16.9. The topological polar surface area (TPSA) is 97.3 Å². The van der Waals surface area contributed by atoms with E-state index in [4.69, 9.17) is 15.6 Å². The van der Waals surface area contributed by atoms with Crippen molar-refractivity contribution in [2.24, 2.45) is 15.8 Å². The molecule has 0 fully saturated rings. The number of hydrogen-bond acceptors (Lipinski definition) is 5. The van der Waals surface area contributed by atoms with Gasteiger partial charge in [-0.15, -0.1) is 4.59 Å². The zero-order chi connectivity index (χ0) is 22.1. The molecule has 7 heteroatoms. The van der Waals surface area contributed by atoms with E-state index in [1.165, 1.54) is 0 Å². The third kappa shape index (κ3) is 3.41. The molecule has 1 unspecified atom stereocenters. The average molecular weight is 423 g/mol. The number of aromatic carboxylic acids is 1. The summed E-state index contributed by atoms with van der Waals surface area (Å²) in [6, 6.07) is 23.7. The molecule has 0 bridgehead atoms. The second-order valence-corrected chi connectivity index (χ2v) is 7.34. The van der Waals surface area contributed by atoms with Crippen LogP contribution in [-0.4, -0.2) is 27.7 Å². The second kappa shape index (κ2) is 7.73. The lowest BCUT2D eigenvalue weighted by atomic mass is 10.1. The van der Waals surface area contributed by atoms with Crippen molar-refractivity contribution in [3.8, 4) is 11.5 Å². The van der Waals surface area contributed by atoms with Crippen molar-refractivity contribution < 1.29 is 19.2 Å². The Labute approximate surface area is 184 Å². The summed E-state index contributed by atoms with van der Waals surface area (Å²) < 4.78 is 5.75. The van der Waals surface area contributed by atoms with E-state index in [1.807, 2.05) is 54.6 Å². The lowest BCUT2D eigenvalue weighted by Crippen LogP contribution is -2.53. The number of carbonyl (C=O) groups is 1. The number of aliphatic imine (C=N–C) groups is 2. The van der Waals surface area contributed by atoms with Crippen molar-refractivity contribution in [1.29, 1.82) is 0 Å². The number of nitrogens with zero attached hydrogens (tertiary/aromatic N) is 3. The molecule has 3 aromatic rings. The fourth-order valence-electron chi connectivity index (χ4n) is 3.66. The number of para-hydroxylation sites is 1. The minimum Gasteiger partial charge on any atom is -0.478 e. The first kappa shape index (κ1) is 19.6. The average Bonchev–Trinajstić information content (AvgIpc) is 3.13. The molecule has 3 N–H and O–H groups in total. The van der Waals surface area contributed by atoms with Gasteiger partial charge in [0.2, 0.25) is 5.70 Å². The van der Waals surface area contributed by atoms with E-state index < -0.39 is 5.97 Å². The third-order valence-electron chi connectivity index (χ3n) is 5.29. The van der Waals surface area contributed by atoms with Crippen LogP contribution < -0.4 is 10.6 Å². The van der Waals surface area contributed by atoms with Crippen molar-refractivity contribution in [3.63, 3.8) is 0 Å². The van der Waals surface area contributed by atoms with Gasteiger partial charge in [-0.2, -0.15) is 10.8 Å². The molecule has 156 valence electrons. The molecular weight excluding hydrogens is 404 g/mol. The van der Waals surface area contributed by atoms with Gasteiger partial charge in [0.15, 0.2) is 0 Å². The van der Waals surface area contributed by atoms with Crippen molar-refractivity contribution in [3.05, 3.63) is 114 Å². The Morgan fingerprint density at radius 2 is 1.53 bits per heavy atom. The van der Waals surface area contributed by atoms with Crippen LogP contribution in [0.15, 0.2) is 107 Å². The van der Waals surface area contributed by atoms with E-state index in [0.717, 1.165) is 16.9 Å². The van der Waals surface area contributed by atoms with E-state index in [2.05, 4.69) is 4.99 Å². The summed E-state index contributed by atoms with van der Waals surface area (Å²) in [5, 5.41) is 9.17. The molecule has 1 atom stereocenters. The quantitative estimate of drug-likeness (QED) is 0.465. The number of allylic oxidation sites excluding steroid dienone is 1. The number of ether oxygens (including phenoxy) is 1. The van der Waals surface area contributed by atoms with Gasteiger partial charge in [-0.05, 0) is 48.5 Å². The van der Waals surface area contributed by atoms with Gasteiger partial charge in [0.25, 0.3) is 5.84 Å². The van der Waals surface area contributed by atoms with E-state index in [-0.39, 0.29) is 10.2 Å². The smallest absolute Gasteiger partial charge is 0.335 e. The number of carboxylic acid groups (broad SMARTS) is 1. The van der Waals surface area contributed by atoms with Crippen LogP contribution in [0.1, 0.15) is 21.5 Å². The first-order chi connectivity index (χ1) is 15.5. The first-order valence-electron chi connectivity index (χ1n) is 9.94. The summed E-state index contributed by atoms with van der Waals surface area (Å²) in [6.07, 6.45) is 5.09. The SMILES string of the molecule is N[N+]12C=CN=CC1=C(c1ccc(C(=O)O)cc1)N=C2c1ccc(Oc2ccccc2)cc1. The predicted molar refractivity (Wildman–Crippen MR) is 122 cm³/mol. The Kier molecular flexibility index (Phi) is 4.74. The number of hydrogen-bond donors (Lipinski definition) is 2. The summed E-state index contributed by atoms with van der Waals surface area (Å²) in [7, 11) is 0. The third-order valence-corrected chi connectivity index (χ3v) is 5.29. The van der Waals surface area contributed by atoms with Gasteiger partial charge in [0, 0.05) is 5.56 Å². The van der Waals surface area contributed by atoms with Crippen LogP contribution in [0.2, 0.25) is 0 Å². The predicted octanol–water partition coefficient (Wildman–Crippen LogP) is 4.55. The highest BCUT2D eigenvalue weighted by molar-refractivity contribution is 6.06. The van der Waals surface area contributed by atoms with E-state index >= 15 is 0 Å². The molecule has 32 heavy (non-hydrogen) atoms. The summed E-state index contributed by atoms with van der Waals surface area (Å²) in [5.74, 6) is 7.87. The molecule has 7 nitrogen and oxygen atoms in total. The Morgan fingerprint density at radius 3 is 2.22 bits per heavy atom. The monoisotopic (exact) mass is 423 g/mol. The maximum absolute atomic E-state index is 11.2. The highest BCUT2D eigenvalue weighted by atomic mass is 16.5. The number of amidine groups is 1. The minimum absolute atomic E-state index is 0.127. The van der Waals surface area contributed by atoms with Crippen LogP contribution in [0.4, 0.5) is 0 Å². The van der Waals surface area contributed by atoms with Gasteiger partial charge in [-0.25, -0.2) is 4.79 Å². The molecule has 0 amide bonds. The number of quaternary nitrogens is 1. The maximum atomic E-state index is 11.2. The molecule has 0 spiro atoms. The summed E-state index contributed by atoms with van der Waals surface area (Å²) in [6.45, 7) is 0. The molecule has 2 aliphatic rings. The number of carboxylic acids is 1. The molecule has 5 rings (SSSR count). The highest BCUT2D eigenvalue weighted by Crippen LogP contribution is 2.36. The van der Waals surface area contributed by atoms with Gasteiger partial charge in [-0.1, -0.05) is 30.3 Å². The Bertz CT molecular complexity index is 1310. The van der Waals surface area contributed by atoms with E-state index in [0.29, 0.717) is 23.0 Å². The van der Waals surface area contributed by atoms with Gasteiger partial charge in [0.05, 0.1) is 23.5 Å². The summed E-state index contributed by atoms with van der Waals surface area (Å²) >= 11 is 0. The molecule has 3 aromatic carbocycles. The lowest BCUT2D eigenvalue weighted by Gasteiger charge is -2.26. The Morgan fingerprint density at radius 1 is 0.875 bits per heavy atom. The number of rotatable bonds is 5. The summed E-state index contributed by atoms with van der Waals surface area (Å²) in [4.78, 5) is 20.3. The largest absolute Gasteiger partial charge is 0.478 e. The summed E-state index contributed by atoms with van der Waals surface area (Å²) in [5.41, 5.74) is 3.16. The molecule has 0 saturated heterocycles. The molecule has 0 saturated carbocycles. The van der Waals surface area contributed by atoms with E-state index in [9.17, 15) is 9.90 Å². The number of nitrogens with two attached hydrogens (primary N) is 1. The molecule has 2 aliphatic heterocycles.